The first-order valence-electron chi connectivity index (χ1n) is 7.14. The zero-order valence-electron chi connectivity index (χ0n) is 12.4. The summed E-state index contributed by atoms with van der Waals surface area (Å²) in [5, 5.41) is 4.89. The Kier molecular flexibility index (Phi) is 4.88. The van der Waals surface area contributed by atoms with Gasteiger partial charge in [-0.15, -0.1) is 0 Å². The summed E-state index contributed by atoms with van der Waals surface area (Å²) in [5.74, 6) is 0.0709. The number of rotatable bonds is 4. The number of nitrogens with zero attached hydrogens (tertiary/aromatic N) is 3. The minimum Gasteiger partial charge on any atom is -0.370 e. The molecule has 0 bridgehead atoms. The second-order valence-corrected chi connectivity index (χ2v) is 6.02. The van der Waals surface area contributed by atoms with E-state index in [1.165, 1.54) is 0 Å². The number of aromatic nitrogens is 2. The average Bonchev–Trinajstić information content (AvgIpc) is 2.66. The molecule has 6 nitrogen and oxygen atoms in total. The fourth-order valence-corrected chi connectivity index (χ4v) is 2.86. The first-order valence-corrected chi connectivity index (χ1v) is 7.52. The van der Waals surface area contributed by atoms with Crippen molar-refractivity contribution < 1.29 is 9.59 Å². The molecule has 0 aliphatic carbocycles. The van der Waals surface area contributed by atoms with Crippen LogP contribution in [0.3, 0.4) is 0 Å². The van der Waals surface area contributed by atoms with E-state index in [9.17, 15) is 9.59 Å². The SMILES string of the molecule is Cc1nn(CC(=O)N2CCC(CC(N)=O)CC2)c(C)c1Cl. The Labute approximate surface area is 129 Å². The lowest BCUT2D eigenvalue weighted by molar-refractivity contribution is -0.133. The molecular formula is C14H21ClN4O2. The number of amides is 2. The van der Waals surface area contributed by atoms with Crippen molar-refractivity contribution in [1.29, 1.82) is 0 Å². The topological polar surface area (TPSA) is 81.2 Å². The van der Waals surface area contributed by atoms with Crippen molar-refractivity contribution in [3.63, 3.8) is 0 Å². The zero-order chi connectivity index (χ0) is 15.6. The van der Waals surface area contributed by atoms with Crippen molar-refractivity contribution in [2.75, 3.05) is 13.1 Å². The number of piperidine rings is 1. The number of halogens is 1. The second kappa shape index (κ2) is 6.47. The molecule has 1 aromatic rings. The molecule has 21 heavy (non-hydrogen) atoms. The predicted molar refractivity (Wildman–Crippen MR) is 79.8 cm³/mol. The van der Waals surface area contributed by atoms with Gasteiger partial charge in [0.25, 0.3) is 0 Å². The van der Waals surface area contributed by atoms with Gasteiger partial charge in [-0.2, -0.15) is 5.10 Å². The largest absolute Gasteiger partial charge is 0.370 e. The highest BCUT2D eigenvalue weighted by atomic mass is 35.5. The molecule has 2 amide bonds. The van der Waals surface area contributed by atoms with Gasteiger partial charge < -0.3 is 10.6 Å². The van der Waals surface area contributed by atoms with Crippen molar-refractivity contribution in [2.45, 2.75) is 39.7 Å². The van der Waals surface area contributed by atoms with E-state index in [0.717, 1.165) is 24.2 Å². The van der Waals surface area contributed by atoms with E-state index >= 15 is 0 Å². The normalized spacial score (nSPS) is 16.2. The molecule has 2 N–H and O–H groups in total. The molecule has 0 atom stereocenters. The molecule has 1 aromatic heterocycles. The Morgan fingerprint density at radius 1 is 1.33 bits per heavy atom. The lowest BCUT2D eigenvalue weighted by Crippen LogP contribution is -2.41. The smallest absolute Gasteiger partial charge is 0.244 e. The summed E-state index contributed by atoms with van der Waals surface area (Å²) in [6.07, 6.45) is 2.06. The Morgan fingerprint density at radius 3 is 2.43 bits per heavy atom. The predicted octanol–water partition coefficient (Wildman–Crippen LogP) is 1.27. The number of primary amides is 1. The quantitative estimate of drug-likeness (QED) is 0.909. The highest BCUT2D eigenvalue weighted by Crippen LogP contribution is 2.22. The van der Waals surface area contributed by atoms with E-state index in [0.29, 0.717) is 30.5 Å². The molecule has 2 rings (SSSR count). The molecule has 0 unspecified atom stereocenters. The Morgan fingerprint density at radius 2 is 1.95 bits per heavy atom. The van der Waals surface area contributed by atoms with Crippen LogP contribution in [0.1, 0.15) is 30.7 Å². The van der Waals surface area contributed by atoms with Crippen molar-refractivity contribution in [3.8, 4) is 0 Å². The van der Waals surface area contributed by atoms with Crippen molar-refractivity contribution in [2.24, 2.45) is 11.7 Å². The minimum absolute atomic E-state index is 0.0368. The van der Waals surface area contributed by atoms with Gasteiger partial charge in [-0.25, -0.2) is 0 Å². The molecule has 1 aliphatic heterocycles. The first-order chi connectivity index (χ1) is 9.88. The van der Waals surface area contributed by atoms with Crippen molar-refractivity contribution in [1.82, 2.24) is 14.7 Å². The Balaban J connectivity index is 1.90. The van der Waals surface area contributed by atoms with Gasteiger partial charge in [0.05, 0.1) is 16.4 Å². The number of carbonyl (C=O) groups is 2. The van der Waals surface area contributed by atoms with Gasteiger partial charge in [0.1, 0.15) is 6.54 Å². The molecule has 116 valence electrons. The Bertz CT molecular complexity index is 547. The second-order valence-electron chi connectivity index (χ2n) is 5.64. The third-order valence-electron chi connectivity index (χ3n) is 4.04. The monoisotopic (exact) mass is 312 g/mol. The van der Waals surface area contributed by atoms with Crippen LogP contribution in [0.4, 0.5) is 0 Å². The summed E-state index contributed by atoms with van der Waals surface area (Å²) in [6, 6.07) is 0. The average molecular weight is 313 g/mol. The third kappa shape index (κ3) is 3.75. The standard InChI is InChI=1S/C14H21ClN4O2/c1-9-14(15)10(2)19(17-9)8-13(21)18-5-3-11(4-6-18)7-12(16)20/h11H,3-8H2,1-2H3,(H2,16,20). The van der Waals surface area contributed by atoms with Crippen molar-refractivity contribution >= 4 is 23.4 Å². The fraction of sp³-hybridized carbons (Fsp3) is 0.643. The van der Waals surface area contributed by atoms with E-state index < -0.39 is 0 Å². The lowest BCUT2D eigenvalue weighted by Gasteiger charge is -2.31. The van der Waals surface area contributed by atoms with Crippen LogP contribution >= 0.6 is 11.6 Å². The van der Waals surface area contributed by atoms with Crippen LogP contribution in [0.25, 0.3) is 0 Å². The molecule has 0 aromatic carbocycles. The number of hydrogen-bond donors (Lipinski definition) is 1. The van der Waals surface area contributed by atoms with E-state index in [-0.39, 0.29) is 18.4 Å². The fourth-order valence-electron chi connectivity index (χ4n) is 2.73. The van der Waals surface area contributed by atoms with Crippen LogP contribution in [-0.4, -0.2) is 39.6 Å². The molecule has 0 radical (unpaired) electrons. The highest BCUT2D eigenvalue weighted by Gasteiger charge is 2.24. The number of aryl methyl sites for hydroxylation is 1. The van der Waals surface area contributed by atoms with Gasteiger partial charge in [-0.3, -0.25) is 14.3 Å². The summed E-state index contributed by atoms with van der Waals surface area (Å²) in [6.45, 7) is 5.23. The summed E-state index contributed by atoms with van der Waals surface area (Å²) >= 11 is 6.08. The number of nitrogens with two attached hydrogens (primary N) is 1. The van der Waals surface area contributed by atoms with Crippen LogP contribution in [0, 0.1) is 19.8 Å². The van der Waals surface area contributed by atoms with Crippen LogP contribution < -0.4 is 5.73 Å². The Hall–Kier alpha value is -1.56. The molecule has 2 heterocycles. The number of hydrogen-bond acceptors (Lipinski definition) is 3. The van der Waals surface area contributed by atoms with Gasteiger partial charge in [0, 0.05) is 19.5 Å². The summed E-state index contributed by atoms with van der Waals surface area (Å²) < 4.78 is 1.65. The van der Waals surface area contributed by atoms with Gasteiger partial charge in [-0.1, -0.05) is 11.6 Å². The minimum atomic E-state index is -0.267. The van der Waals surface area contributed by atoms with E-state index in [2.05, 4.69) is 5.10 Å². The lowest BCUT2D eigenvalue weighted by atomic mass is 9.93. The van der Waals surface area contributed by atoms with E-state index in [4.69, 9.17) is 17.3 Å². The van der Waals surface area contributed by atoms with Gasteiger partial charge in [-0.05, 0) is 32.6 Å². The maximum atomic E-state index is 12.3. The van der Waals surface area contributed by atoms with Gasteiger partial charge in [0.2, 0.25) is 11.8 Å². The molecule has 7 heteroatoms. The maximum absolute atomic E-state index is 12.3. The molecule has 1 aliphatic rings. The summed E-state index contributed by atoms with van der Waals surface area (Å²) in [5.41, 5.74) is 6.76. The number of likely N-dealkylation sites (tertiary alicyclic amines) is 1. The molecule has 1 fully saturated rings. The third-order valence-corrected chi connectivity index (χ3v) is 4.58. The van der Waals surface area contributed by atoms with E-state index in [1.807, 2.05) is 18.7 Å². The van der Waals surface area contributed by atoms with Crippen LogP contribution in [0.5, 0.6) is 0 Å². The first kappa shape index (κ1) is 15.8. The molecule has 0 spiro atoms. The highest BCUT2D eigenvalue weighted by molar-refractivity contribution is 6.31. The van der Waals surface area contributed by atoms with Gasteiger partial charge >= 0.3 is 0 Å². The number of carbonyl (C=O) groups excluding carboxylic acids is 2. The molecule has 1 saturated heterocycles. The van der Waals surface area contributed by atoms with Crippen molar-refractivity contribution in [3.05, 3.63) is 16.4 Å². The summed E-state index contributed by atoms with van der Waals surface area (Å²) in [7, 11) is 0. The summed E-state index contributed by atoms with van der Waals surface area (Å²) in [4.78, 5) is 25.0. The van der Waals surface area contributed by atoms with Crippen LogP contribution in [0.15, 0.2) is 0 Å². The maximum Gasteiger partial charge on any atom is 0.244 e. The molecule has 0 saturated carbocycles. The van der Waals surface area contributed by atoms with Crippen LogP contribution in [0.2, 0.25) is 5.02 Å². The zero-order valence-corrected chi connectivity index (χ0v) is 13.2. The molecular weight excluding hydrogens is 292 g/mol. The van der Waals surface area contributed by atoms with E-state index in [1.54, 1.807) is 4.68 Å². The van der Waals surface area contributed by atoms with Crippen LogP contribution in [-0.2, 0) is 16.1 Å². The van der Waals surface area contributed by atoms with Gasteiger partial charge in [0.15, 0.2) is 0 Å².